The molecule has 0 saturated heterocycles. The van der Waals surface area contributed by atoms with Gasteiger partial charge >= 0.3 is 35.3 Å². The fourth-order valence-electron chi connectivity index (χ4n) is 2.06. The van der Waals surface area contributed by atoms with Gasteiger partial charge in [-0.25, -0.2) is 0 Å². The molecule has 8 heteroatoms. The molecule has 0 radical (unpaired) electrons. The second-order valence-electron chi connectivity index (χ2n) is 5.13. The van der Waals surface area contributed by atoms with E-state index in [0.29, 0.717) is 0 Å². The average Bonchev–Trinajstić information content (AvgIpc) is 2.83. The van der Waals surface area contributed by atoms with E-state index >= 15 is 0 Å². The number of nitrogens with zero attached hydrogens (tertiary/aromatic N) is 5. The fourth-order valence-corrected chi connectivity index (χ4v) is 2.06. The third kappa shape index (κ3) is 10.8. The average molecular weight is 619 g/mol. The summed E-state index contributed by atoms with van der Waals surface area (Å²) in [7, 11) is 9.75. The quantitative estimate of drug-likeness (QED) is 0.268. The number of nitriles is 1. The number of aromatic nitrogens is 4. The maximum Gasteiger partial charge on any atom is 0.0886 e. The molecule has 0 bridgehead atoms. The van der Waals surface area contributed by atoms with Gasteiger partial charge in [-0.1, -0.05) is 24.3 Å². The fraction of sp³-hybridized carbons (Fsp3) is 0.0455. The second kappa shape index (κ2) is 17.2. The van der Waals surface area contributed by atoms with E-state index in [9.17, 15) is 0 Å². The largest absolute Gasteiger partial charge is 0.255 e. The number of rotatable bonds is 2. The van der Waals surface area contributed by atoms with Crippen LogP contribution in [0.15, 0.2) is 97.6 Å². The number of hydrogen-bond donors (Lipinski definition) is 0. The second-order valence-corrected chi connectivity index (χ2v) is 8.41. The summed E-state index contributed by atoms with van der Waals surface area (Å²) in [6, 6.07) is 24.9. The zero-order valence-electron chi connectivity index (χ0n) is 16.0. The van der Waals surface area contributed by atoms with Crippen molar-refractivity contribution in [2.24, 2.45) is 0 Å². The van der Waals surface area contributed by atoms with E-state index < -0.39 is 16.5 Å². The van der Waals surface area contributed by atoms with Crippen LogP contribution in [0.2, 0.25) is 0 Å². The molecule has 4 aromatic heterocycles. The monoisotopic (exact) mass is 618 g/mol. The SMILES string of the molecule is CC#N.[Cl][Pt][Cl].c1ccc(-c2ccccn2)nc1.c1ccc(-c2ccccn2)nc1. The first-order valence-electron chi connectivity index (χ1n) is 8.54. The molecule has 5 nitrogen and oxygen atoms in total. The maximum atomic E-state index is 7.32. The first-order valence-corrected chi connectivity index (χ1v) is 14.2. The van der Waals surface area contributed by atoms with Crippen LogP contribution in [0.5, 0.6) is 0 Å². The Kier molecular flexibility index (Phi) is 14.6. The first-order chi connectivity index (χ1) is 14.8. The Morgan fingerprint density at radius 3 is 0.933 bits per heavy atom. The molecular formula is C22H19Cl2N5Pt. The summed E-state index contributed by atoms with van der Waals surface area (Å²) in [5.74, 6) is 0. The van der Waals surface area contributed by atoms with Crippen LogP contribution in [-0.4, -0.2) is 19.9 Å². The molecule has 0 amide bonds. The maximum absolute atomic E-state index is 7.32. The van der Waals surface area contributed by atoms with E-state index in [0.717, 1.165) is 22.8 Å². The van der Waals surface area contributed by atoms with Crippen molar-refractivity contribution >= 4 is 18.8 Å². The van der Waals surface area contributed by atoms with Crippen molar-refractivity contribution in [2.45, 2.75) is 6.92 Å². The first kappa shape index (κ1) is 25.4. The molecule has 0 aliphatic carbocycles. The number of halogens is 2. The molecule has 4 aromatic rings. The Hall–Kier alpha value is -2.64. The summed E-state index contributed by atoms with van der Waals surface area (Å²) < 4.78 is 0. The van der Waals surface area contributed by atoms with Gasteiger partial charge < -0.3 is 0 Å². The Morgan fingerprint density at radius 2 is 0.800 bits per heavy atom. The van der Waals surface area contributed by atoms with Crippen molar-refractivity contribution in [1.29, 1.82) is 5.26 Å². The Bertz CT molecular complexity index is 804. The van der Waals surface area contributed by atoms with Crippen molar-refractivity contribution in [3.05, 3.63) is 97.6 Å². The molecule has 0 fully saturated rings. The zero-order chi connectivity index (χ0) is 21.9. The molecule has 4 rings (SSSR count). The zero-order valence-corrected chi connectivity index (χ0v) is 19.8. The predicted molar refractivity (Wildman–Crippen MR) is 118 cm³/mol. The van der Waals surface area contributed by atoms with Crippen molar-refractivity contribution < 1.29 is 16.5 Å². The van der Waals surface area contributed by atoms with Gasteiger partial charge in [0.2, 0.25) is 0 Å². The van der Waals surface area contributed by atoms with Crippen LogP contribution >= 0.6 is 18.8 Å². The summed E-state index contributed by atoms with van der Waals surface area (Å²) in [5, 5.41) is 7.32. The predicted octanol–water partition coefficient (Wildman–Crippen LogP) is 6.19. The molecule has 0 saturated carbocycles. The number of hydrogen-bond acceptors (Lipinski definition) is 5. The van der Waals surface area contributed by atoms with Gasteiger partial charge in [0.15, 0.2) is 0 Å². The summed E-state index contributed by atoms with van der Waals surface area (Å²) >= 11 is -0.472. The van der Waals surface area contributed by atoms with Gasteiger partial charge in [0, 0.05) is 31.7 Å². The molecule has 30 heavy (non-hydrogen) atoms. The van der Waals surface area contributed by atoms with E-state index in [1.807, 2.05) is 72.8 Å². The van der Waals surface area contributed by atoms with Gasteiger partial charge in [-0.2, -0.15) is 5.26 Å². The minimum absolute atomic E-state index is 0.472. The van der Waals surface area contributed by atoms with Crippen LogP contribution < -0.4 is 0 Å². The van der Waals surface area contributed by atoms with Crippen LogP contribution in [0.3, 0.4) is 0 Å². The van der Waals surface area contributed by atoms with Gasteiger partial charge in [0.1, 0.15) is 0 Å². The summed E-state index contributed by atoms with van der Waals surface area (Å²) in [5.41, 5.74) is 3.66. The van der Waals surface area contributed by atoms with E-state index in [1.165, 1.54) is 6.92 Å². The molecule has 0 atom stereocenters. The molecule has 0 spiro atoms. The van der Waals surface area contributed by atoms with Crippen LogP contribution in [0.4, 0.5) is 0 Å². The molecule has 4 heterocycles. The topological polar surface area (TPSA) is 75.3 Å². The molecule has 0 unspecified atom stereocenters. The summed E-state index contributed by atoms with van der Waals surface area (Å²) in [4.78, 5) is 16.7. The van der Waals surface area contributed by atoms with Gasteiger partial charge in [-0.05, 0) is 48.5 Å². The Balaban J connectivity index is 0.000000239. The Morgan fingerprint density at radius 1 is 0.600 bits per heavy atom. The third-order valence-corrected chi connectivity index (χ3v) is 3.18. The minimum atomic E-state index is -0.472. The van der Waals surface area contributed by atoms with Gasteiger partial charge in [-0.3, -0.25) is 19.9 Å². The normalized spacial score (nSPS) is 8.73. The van der Waals surface area contributed by atoms with E-state index in [-0.39, 0.29) is 0 Å². The van der Waals surface area contributed by atoms with Crippen LogP contribution in [0, 0.1) is 11.3 Å². The number of pyridine rings is 4. The van der Waals surface area contributed by atoms with E-state index in [2.05, 4.69) is 19.9 Å². The molecule has 0 aromatic carbocycles. The molecule has 0 N–H and O–H groups in total. The van der Waals surface area contributed by atoms with Crippen molar-refractivity contribution in [3.63, 3.8) is 0 Å². The van der Waals surface area contributed by atoms with Crippen molar-refractivity contribution in [3.8, 4) is 28.8 Å². The summed E-state index contributed by atoms with van der Waals surface area (Å²) in [6.45, 7) is 1.43. The summed E-state index contributed by atoms with van der Waals surface area (Å²) in [6.07, 6.45) is 7.07. The minimum Gasteiger partial charge on any atom is -0.255 e. The Labute approximate surface area is 193 Å². The van der Waals surface area contributed by atoms with E-state index in [1.54, 1.807) is 30.9 Å². The van der Waals surface area contributed by atoms with Crippen LogP contribution in [-0.2, 0) is 16.5 Å². The van der Waals surface area contributed by atoms with Gasteiger partial charge in [-0.15, -0.1) is 0 Å². The smallest absolute Gasteiger partial charge is 0.0886 e. The molecular weight excluding hydrogens is 600 g/mol. The van der Waals surface area contributed by atoms with E-state index in [4.69, 9.17) is 24.1 Å². The molecule has 0 aliphatic rings. The third-order valence-electron chi connectivity index (χ3n) is 3.18. The van der Waals surface area contributed by atoms with Crippen molar-refractivity contribution in [1.82, 2.24) is 19.9 Å². The van der Waals surface area contributed by atoms with Crippen LogP contribution in [0.25, 0.3) is 22.8 Å². The molecule has 156 valence electrons. The van der Waals surface area contributed by atoms with Gasteiger partial charge in [0.05, 0.1) is 28.8 Å². The van der Waals surface area contributed by atoms with Crippen molar-refractivity contribution in [2.75, 3.05) is 0 Å². The van der Waals surface area contributed by atoms with Crippen LogP contribution in [0.1, 0.15) is 6.92 Å². The van der Waals surface area contributed by atoms with Gasteiger partial charge in [0.25, 0.3) is 0 Å². The molecule has 0 aliphatic heterocycles. The standard InChI is InChI=1S/2C10H8N2.C2H3N.2ClH.Pt/c2*1-3-7-11-9(5-1)10-6-2-4-8-12-10;1-2-3;;;/h2*1-8H;1H3;2*1H;/q;;;;;+2/p-2.